The molecule has 1 rings (SSSR count). The number of hydrogen-bond donors (Lipinski definition) is 3. The average Bonchev–Trinajstić information content (AvgIpc) is 2.05. The molecular formula is C6H9BrN4O2S. The quantitative estimate of drug-likeness (QED) is 0.707. The van der Waals surface area contributed by atoms with Crippen LogP contribution in [0.4, 0.5) is 5.82 Å². The highest BCUT2D eigenvalue weighted by molar-refractivity contribution is 9.10. The summed E-state index contributed by atoms with van der Waals surface area (Å²) in [6, 6.07) is 1.67. The van der Waals surface area contributed by atoms with Gasteiger partial charge in [0, 0.05) is 22.8 Å². The number of anilines is 1. The Labute approximate surface area is 90.0 Å². The lowest BCUT2D eigenvalue weighted by atomic mass is 10.2. The Kier molecular flexibility index (Phi) is 3.43. The predicted molar refractivity (Wildman–Crippen MR) is 56.3 cm³/mol. The first kappa shape index (κ1) is 11.4. The molecule has 1 heterocycles. The van der Waals surface area contributed by atoms with E-state index in [-0.39, 0.29) is 12.4 Å². The lowest BCUT2D eigenvalue weighted by molar-refractivity contribution is 0.583. The number of pyridine rings is 1. The van der Waals surface area contributed by atoms with Gasteiger partial charge in [0.15, 0.2) is 0 Å². The molecule has 0 aliphatic rings. The summed E-state index contributed by atoms with van der Waals surface area (Å²) in [6.07, 6.45) is 1.52. The first-order chi connectivity index (χ1) is 6.38. The summed E-state index contributed by atoms with van der Waals surface area (Å²) in [5, 5.41) is 4.76. The van der Waals surface area contributed by atoms with Gasteiger partial charge in [-0.05, 0) is 22.0 Å². The van der Waals surface area contributed by atoms with Crippen LogP contribution in [0.3, 0.4) is 0 Å². The number of nitrogens with two attached hydrogens (primary N) is 2. The van der Waals surface area contributed by atoms with Gasteiger partial charge in [0.1, 0.15) is 5.82 Å². The van der Waals surface area contributed by atoms with Crippen LogP contribution in [0.15, 0.2) is 16.7 Å². The van der Waals surface area contributed by atoms with Crippen LogP contribution >= 0.6 is 15.9 Å². The highest BCUT2D eigenvalue weighted by atomic mass is 79.9. The molecule has 0 radical (unpaired) electrons. The lowest BCUT2D eigenvalue weighted by Gasteiger charge is -2.05. The normalized spacial score (nSPS) is 11.6. The van der Waals surface area contributed by atoms with Crippen LogP contribution in [0.1, 0.15) is 5.56 Å². The van der Waals surface area contributed by atoms with E-state index in [0.29, 0.717) is 5.56 Å². The maximum atomic E-state index is 10.6. The predicted octanol–water partition coefficient (Wildman–Crippen LogP) is -0.281. The van der Waals surface area contributed by atoms with E-state index in [9.17, 15) is 8.42 Å². The van der Waals surface area contributed by atoms with Gasteiger partial charge in [0.25, 0.3) is 10.2 Å². The number of nitrogen functional groups attached to an aromatic ring is 1. The van der Waals surface area contributed by atoms with E-state index >= 15 is 0 Å². The van der Waals surface area contributed by atoms with Gasteiger partial charge in [-0.25, -0.2) is 10.1 Å². The third-order valence-corrected chi connectivity index (χ3v) is 2.41. The minimum atomic E-state index is -3.70. The highest BCUT2D eigenvalue weighted by Crippen LogP contribution is 2.15. The molecule has 78 valence electrons. The lowest BCUT2D eigenvalue weighted by Crippen LogP contribution is -2.30. The van der Waals surface area contributed by atoms with Crippen molar-refractivity contribution in [1.82, 2.24) is 9.71 Å². The van der Waals surface area contributed by atoms with E-state index in [0.717, 1.165) is 4.47 Å². The third-order valence-electron chi connectivity index (χ3n) is 1.43. The van der Waals surface area contributed by atoms with Gasteiger partial charge in [-0.1, -0.05) is 0 Å². The molecule has 0 saturated heterocycles. The zero-order valence-corrected chi connectivity index (χ0v) is 9.47. The molecule has 14 heavy (non-hydrogen) atoms. The van der Waals surface area contributed by atoms with Gasteiger partial charge in [-0.2, -0.15) is 13.1 Å². The number of aromatic nitrogens is 1. The Hall–Kier alpha value is -0.700. The Morgan fingerprint density at radius 3 is 2.79 bits per heavy atom. The second-order valence-electron chi connectivity index (χ2n) is 2.56. The summed E-state index contributed by atoms with van der Waals surface area (Å²) in [7, 11) is -3.70. The molecule has 0 amide bonds. The van der Waals surface area contributed by atoms with Crippen molar-refractivity contribution in [3.63, 3.8) is 0 Å². The molecule has 1 aromatic heterocycles. The summed E-state index contributed by atoms with van der Waals surface area (Å²) in [5.41, 5.74) is 6.07. The van der Waals surface area contributed by atoms with E-state index < -0.39 is 10.2 Å². The van der Waals surface area contributed by atoms with E-state index in [4.69, 9.17) is 10.9 Å². The topological polar surface area (TPSA) is 111 Å². The molecule has 0 aromatic carbocycles. The van der Waals surface area contributed by atoms with Crippen molar-refractivity contribution in [1.29, 1.82) is 0 Å². The molecule has 0 atom stereocenters. The second kappa shape index (κ2) is 4.22. The summed E-state index contributed by atoms with van der Waals surface area (Å²) in [5.74, 6) is 0.268. The van der Waals surface area contributed by atoms with Crippen LogP contribution in [0.2, 0.25) is 0 Å². The van der Waals surface area contributed by atoms with Gasteiger partial charge in [-0.3, -0.25) is 0 Å². The van der Waals surface area contributed by atoms with Crippen LogP contribution < -0.4 is 15.6 Å². The van der Waals surface area contributed by atoms with E-state index in [1.54, 1.807) is 6.07 Å². The molecular weight excluding hydrogens is 272 g/mol. The van der Waals surface area contributed by atoms with Crippen molar-refractivity contribution in [3.05, 3.63) is 22.3 Å². The molecule has 0 saturated carbocycles. The Balaban J connectivity index is 2.81. The molecule has 0 aliphatic carbocycles. The maximum absolute atomic E-state index is 10.6. The van der Waals surface area contributed by atoms with E-state index in [1.165, 1.54) is 6.20 Å². The van der Waals surface area contributed by atoms with Gasteiger partial charge in [0.05, 0.1) is 0 Å². The molecule has 0 spiro atoms. The van der Waals surface area contributed by atoms with Gasteiger partial charge in [-0.15, -0.1) is 0 Å². The summed E-state index contributed by atoms with van der Waals surface area (Å²) in [4.78, 5) is 3.83. The van der Waals surface area contributed by atoms with Crippen molar-refractivity contribution in [2.45, 2.75) is 6.54 Å². The third kappa shape index (κ3) is 3.58. The molecule has 0 unspecified atom stereocenters. The number of nitrogens with zero attached hydrogens (tertiary/aromatic N) is 1. The molecule has 5 N–H and O–H groups in total. The van der Waals surface area contributed by atoms with E-state index in [1.807, 2.05) is 0 Å². The molecule has 0 bridgehead atoms. The number of halogens is 1. The van der Waals surface area contributed by atoms with Crippen LogP contribution in [0.5, 0.6) is 0 Å². The first-order valence-corrected chi connectivity index (χ1v) is 5.90. The van der Waals surface area contributed by atoms with Crippen molar-refractivity contribution < 1.29 is 8.42 Å². The SMILES string of the molecule is Nc1ncc(Br)cc1CNS(N)(=O)=O. The fraction of sp³-hybridized carbons (Fsp3) is 0.167. The zero-order chi connectivity index (χ0) is 10.8. The summed E-state index contributed by atoms with van der Waals surface area (Å²) < 4.78 is 24.0. The smallest absolute Gasteiger partial charge is 0.274 e. The van der Waals surface area contributed by atoms with Crippen LogP contribution in [-0.4, -0.2) is 13.4 Å². The highest BCUT2D eigenvalue weighted by Gasteiger charge is 2.05. The van der Waals surface area contributed by atoms with Crippen molar-refractivity contribution in [3.8, 4) is 0 Å². The zero-order valence-electron chi connectivity index (χ0n) is 7.07. The fourth-order valence-electron chi connectivity index (χ4n) is 0.812. The Bertz CT molecular complexity index is 433. The van der Waals surface area contributed by atoms with E-state index in [2.05, 4.69) is 25.6 Å². The van der Waals surface area contributed by atoms with Crippen LogP contribution in [0, 0.1) is 0 Å². The first-order valence-electron chi connectivity index (χ1n) is 3.56. The largest absolute Gasteiger partial charge is 0.383 e. The fourth-order valence-corrected chi connectivity index (χ4v) is 1.55. The summed E-state index contributed by atoms with van der Waals surface area (Å²) >= 11 is 3.19. The van der Waals surface area contributed by atoms with Crippen LogP contribution in [0.25, 0.3) is 0 Å². The molecule has 1 aromatic rings. The minimum Gasteiger partial charge on any atom is -0.383 e. The molecule has 6 nitrogen and oxygen atoms in total. The number of rotatable bonds is 3. The Morgan fingerprint density at radius 1 is 1.57 bits per heavy atom. The monoisotopic (exact) mass is 280 g/mol. The van der Waals surface area contributed by atoms with Crippen molar-refractivity contribution in [2.75, 3.05) is 5.73 Å². The second-order valence-corrected chi connectivity index (χ2v) is 4.86. The molecule has 0 aliphatic heterocycles. The molecule has 0 fully saturated rings. The average molecular weight is 281 g/mol. The Morgan fingerprint density at radius 2 is 2.21 bits per heavy atom. The maximum Gasteiger partial charge on any atom is 0.274 e. The molecule has 8 heteroatoms. The standard InChI is InChI=1S/C6H9BrN4O2S/c7-5-1-4(6(8)10-3-5)2-11-14(9,12)13/h1,3,11H,2H2,(H2,8,10)(H2,9,12,13). The summed E-state index contributed by atoms with van der Waals surface area (Å²) in [6.45, 7) is 0.0249. The number of hydrogen-bond acceptors (Lipinski definition) is 4. The van der Waals surface area contributed by atoms with Crippen molar-refractivity contribution in [2.24, 2.45) is 5.14 Å². The van der Waals surface area contributed by atoms with Gasteiger partial charge in [0.2, 0.25) is 0 Å². The van der Waals surface area contributed by atoms with Crippen molar-refractivity contribution >= 4 is 32.0 Å². The number of nitrogens with one attached hydrogen (secondary N) is 1. The van der Waals surface area contributed by atoms with Crippen LogP contribution in [-0.2, 0) is 16.8 Å². The van der Waals surface area contributed by atoms with Gasteiger partial charge >= 0.3 is 0 Å². The minimum absolute atomic E-state index is 0.0249. The van der Waals surface area contributed by atoms with Gasteiger partial charge < -0.3 is 5.73 Å².